The molecule has 0 aromatic heterocycles. The van der Waals surface area contributed by atoms with Gasteiger partial charge in [-0.1, -0.05) is 42.5 Å². The van der Waals surface area contributed by atoms with E-state index in [1.54, 1.807) is 30.3 Å². The zero-order valence-electron chi connectivity index (χ0n) is 36.3. The SMILES string of the molecule is NC(=O)C[C@@H]1NC(=O)[C@H](CC(=O)O)NC(=O)[C@H](Cc2ccc(O)cc2)NC(=O)CNC(=O)[C@H](CCC(=O)O)NC(=O)[C@H](Cc2ccccc2)NC(=O)[C@@H](N)CO/C=C/C=C/OC[C@@H](C=O)NC1=O. The summed E-state index contributed by atoms with van der Waals surface area (Å²) < 4.78 is 10.6. The van der Waals surface area contributed by atoms with Gasteiger partial charge >= 0.3 is 11.9 Å². The number of ether oxygens (including phenoxy) is 2. The predicted molar refractivity (Wildman–Crippen MR) is 234 cm³/mol. The van der Waals surface area contributed by atoms with Crippen molar-refractivity contribution in [2.24, 2.45) is 11.5 Å². The fourth-order valence-corrected chi connectivity index (χ4v) is 6.09. The number of phenols is 1. The first kappa shape index (κ1) is 54.0. The van der Waals surface area contributed by atoms with Gasteiger partial charge in [0.05, 0.1) is 31.9 Å². The van der Waals surface area contributed by atoms with Crippen molar-refractivity contribution in [3.63, 3.8) is 0 Å². The lowest BCUT2D eigenvalue weighted by molar-refractivity contribution is -0.141. The molecule has 2 aromatic rings. The smallest absolute Gasteiger partial charge is 0.305 e. The number of rotatable bonds is 12. The number of carbonyl (C=O) groups is 11. The van der Waals surface area contributed by atoms with E-state index in [4.69, 9.17) is 20.9 Å². The first-order chi connectivity index (χ1) is 32.3. The Morgan fingerprint density at radius 3 is 1.71 bits per heavy atom. The molecular formula is C43H53N9O16. The monoisotopic (exact) mass is 951 g/mol. The minimum Gasteiger partial charge on any atom is -0.508 e. The highest BCUT2D eigenvalue weighted by Crippen LogP contribution is 2.13. The topological polar surface area (TPSA) is 403 Å². The van der Waals surface area contributed by atoms with Crippen LogP contribution in [0.1, 0.15) is 36.8 Å². The fraction of sp³-hybridized carbons (Fsp3) is 0.372. The third kappa shape index (κ3) is 19.8. The second-order valence-corrected chi connectivity index (χ2v) is 15.0. The van der Waals surface area contributed by atoms with Crippen molar-refractivity contribution in [3.8, 4) is 5.75 Å². The van der Waals surface area contributed by atoms with Gasteiger partial charge in [0, 0.05) is 19.3 Å². The molecule has 3 rings (SSSR count). The number of carboxylic acids is 2. The van der Waals surface area contributed by atoms with E-state index >= 15 is 0 Å². The number of benzene rings is 2. The first-order valence-corrected chi connectivity index (χ1v) is 20.7. The zero-order chi connectivity index (χ0) is 50.2. The van der Waals surface area contributed by atoms with Crippen LogP contribution in [0.15, 0.2) is 79.3 Å². The van der Waals surface area contributed by atoms with Crippen LogP contribution >= 0.6 is 0 Å². The van der Waals surface area contributed by atoms with Crippen molar-refractivity contribution < 1.29 is 77.5 Å². The fourth-order valence-electron chi connectivity index (χ4n) is 6.09. The third-order valence-corrected chi connectivity index (χ3v) is 9.54. The van der Waals surface area contributed by atoms with Crippen LogP contribution in [0, 0.1) is 0 Å². The number of carbonyl (C=O) groups excluding carboxylic acids is 9. The van der Waals surface area contributed by atoms with Crippen LogP contribution in [-0.2, 0) is 75.1 Å². The maximum atomic E-state index is 13.8. The van der Waals surface area contributed by atoms with Crippen molar-refractivity contribution in [3.05, 3.63) is 90.4 Å². The Hall–Kier alpha value is -8.35. The molecule has 0 bridgehead atoms. The molecule has 0 fully saturated rings. The number of nitrogens with one attached hydrogen (secondary N) is 7. The molecule has 0 saturated heterocycles. The molecule has 7 atom stereocenters. The lowest BCUT2D eigenvalue weighted by atomic mass is 10.0. The Bertz CT molecular complexity index is 2190. The van der Waals surface area contributed by atoms with E-state index < -0.39 is 147 Å². The second kappa shape index (κ2) is 27.9. The summed E-state index contributed by atoms with van der Waals surface area (Å²) in [4.78, 5) is 142. The number of hydrogen-bond acceptors (Lipinski definition) is 15. The second-order valence-electron chi connectivity index (χ2n) is 15.0. The van der Waals surface area contributed by atoms with Crippen LogP contribution in [0.2, 0.25) is 0 Å². The van der Waals surface area contributed by atoms with Crippen molar-refractivity contribution in [2.75, 3.05) is 19.8 Å². The molecule has 2 aromatic carbocycles. The predicted octanol–water partition coefficient (Wildman–Crippen LogP) is -3.98. The van der Waals surface area contributed by atoms with E-state index in [0.717, 1.165) is 12.5 Å². The standard InChI is InChI=1S/C43H53N9O16/c44-28-23-68-15-5-4-14-67-22-26(21-53)47-40(63)32(18-34(45)55)51-43(66)33(19-37(59)60)52-41(64)30(17-25-8-10-27(54)11-9-25)48-35(56)20-46-39(62)29(12-13-36(57)58)49-42(65)31(50-38(28)61)16-24-6-2-1-3-7-24/h1-11,14-15,21,26,28-33,54H,12-13,16-20,22-23,44H2,(H2,45,55)(H,46,62)(H,47,63)(H,48,56)(H,49,65)(H,50,61)(H,51,66)(H,52,64)(H,57,58)(H,59,60)/b14-4+,15-5+/t26-,28+,29+,30+,31+,32+,33+/m1/s1. The van der Waals surface area contributed by atoms with E-state index in [1.165, 1.54) is 36.4 Å². The average molecular weight is 952 g/mol. The number of aliphatic carboxylic acids is 2. The molecule has 8 amide bonds. The molecule has 68 heavy (non-hydrogen) atoms. The van der Waals surface area contributed by atoms with E-state index in [2.05, 4.69) is 37.2 Å². The number of phenolic OH excluding ortho intramolecular Hbond substituents is 1. The van der Waals surface area contributed by atoms with Crippen molar-refractivity contribution in [1.29, 1.82) is 0 Å². The molecule has 0 aliphatic carbocycles. The quantitative estimate of drug-likeness (QED) is 0.0903. The summed E-state index contributed by atoms with van der Waals surface area (Å²) in [7, 11) is 0. The highest BCUT2D eigenvalue weighted by molar-refractivity contribution is 5.98. The number of aldehydes is 1. The number of nitrogens with two attached hydrogens (primary N) is 2. The van der Waals surface area contributed by atoms with E-state index in [0.29, 0.717) is 11.1 Å². The number of primary amides is 1. The summed E-state index contributed by atoms with van der Waals surface area (Å²) in [6, 6.07) is 2.53. The summed E-state index contributed by atoms with van der Waals surface area (Å²) in [5.41, 5.74) is 12.2. The lowest BCUT2D eigenvalue weighted by Crippen LogP contribution is -2.59. The molecule has 25 heteroatoms. The summed E-state index contributed by atoms with van der Waals surface area (Å²) in [5.74, 6) is -11.7. The van der Waals surface area contributed by atoms with Crippen molar-refractivity contribution >= 4 is 65.5 Å². The van der Waals surface area contributed by atoms with Crippen LogP contribution in [0.25, 0.3) is 0 Å². The Kier molecular flexibility index (Phi) is 22.1. The molecule has 1 aliphatic heterocycles. The van der Waals surface area contributed by atoms with Gasteiger partial charge < -0.3 is 78.3 Å². The summed E-state index contributed by atoms with van der Waals surface area (Å²) in [6.07, 6.45) is 1.53. The normalized spacial score (nSPS) is 24.2. The van der Waals surface area contributed by atoms with Gasteiger partial charge in [-0.25, -0.2) is 0 Å². The van der Waals surface area contributed by atoms with Crippen molar-refractivity contribution in [2.45, 2.75) is 80.8 Å². The maximum Gasteiger partial charge on any atom is 0.305 e. The number of hydrogen-bond donors (Lipinski definition) is 12. The number of amides is 8. The summed E-state index contributed by atoms with van der Waals surface area (Å²) in [5, 5.41) is 45.0. The molecule has 0 saturated carbocycles. The van der Waals surface area contributed by atoms with Crippen LogP contribution in [0.5, 0.6) is 5.75 Å². The third-order valence-electron chi connectivity index (χ3n) is 9.54. The zero-order valence-corrected chi connectivity index (χ0v) is 36.3. The van der Waals surface area contributed by atoms with Gasteiger partial charge in [0.15, 0.2) is 0 Å². The highest BCUT2D eigenvalue weighted by atomic mass is 16.5. The maximum absolute atomic E-state index is 13.8. The minimum absolute atomic E-state index is 0.117. The van der Waals surface area contributed by atoms with Gasteiger partial charge in [0.25, 0.3) is 0 Å². The molecule has 0 unspecified atom stereocenters. The van der Waals surface area contributed by atoms with Gasteiger partial charge in [-0.3, -0.25) is 47.9 Å². The molecule has 0 spiro atoms. The molecule has 1 heterocycles. The van der Waals surface area contributed by atoms with Crippen molar-refractivity contribution in [1.82, 2.24) is 37.2 Å². The molecule has 366 valence electrons. The Labute approximate surface area is 387 Å². The minimum atomic E-state index is -1.97. The van der Waals surface area contributed by atoms with E-state index in [9.17, 15) is 68.1 Å². The lowest BCUT2D eigenvalue weighted by Gasteiger charge is -2.25. The van der Waals surface area contributed by atoms with E-state index in [-0.39, 0.29) is 24.9 Å². The van der Waals surface area contributed by atoms with Gasteiger partial charge in [0.1, 0.15) is 67.5 Å². The average Bonchev–Trinajstić information content (AvgIpc) is 3.29. The largest absolute Gasteiger partial charge is 0.508 e. The molecule has 25 nitrogen and oxygen atoms in total. The van der Waals surface area contributed by atoms with Gasteiger partial charge in [-0.05, 0) is 41.8 Å². The number of aromatic hydroxyl groups is 1. The van der Waals surface area contributed by atoms with Gasteiger partial charge in [-0.15, -0.1) is 0 Å². The molecule has 14 N–H and O–H groups in total. The number of allylic oxidation sites excluding steroid dienone is 2. The summed E-state index contributed by atoms with van der Waals surface area (Å²) >= 11 is 0. The molecule has 0 radical (unpaired) electrons. The molecule has 1 aliphatic rings. The highest BCUT2D eigenvalue weighted by Gasteiger charge is 2.34. The molecular weight excluding hydrogens is 899 g/mol. The van der Waals surface area contributed by atoms with Gasteiger partial charge in [-0.2, -0.15) is 0 Å². The van der Waals surface area contributed by atoms with Crippen LogP contribution in [0.3, 0.4) is 0 Å². The van der Waals surface area contributed by atoms with Crippen LogP contribution < -0.4 is 48.7 Å². The van der Waals surface area contributed by atoms with E-state index in [1.807, 2.05) is 0 Å². The van der Waals surface area contributed by atoms with Crippen LogP contribution in [0.4, 0.5) is 0 Å². The Morgan fingerprint density at radius 2 is 1.13 bits per heavy atom. The number of carboxylic acid groups (broad SMARTS) is 2. The van der Waals surface area contributed by atoms with Gasteiger partial charge in [0.2, 0.25) is 47.3 Å². The summed E-state index contributed by atoms with van der Waals surface area (Å²) in [6.45, 7) is -1.77. The Balaban J connectivity index is 2.01. The van der Waals surface area contributed by atoms with Crippen LogP contribution in [-0.4, -0.2) is 143 Å². The first-order valence-electron chi connectivity index (χ1n) is 20.7. The Morgan fingerprint density at radius 1 is 0.618 bits per heavy atom.